The average molecular weight is 273 g/mol. The molecule has 1 aromatic rings. The van der Waals surface area contributed by atoms with E-state index in [2.05, 4.69) is 50.4 Å². The molecule has 2 atom stereocenters. The summed E-state index contributed by atoms with van der Waals surface area (Å²) >= 11 is 0. The molecule has 1 aliphatic rings. The lowest BCUT2D eigenvalue weighted by atomic mass is 9.88. The highest BCUT2D eigenvalue weighted by Gasteiger charge is 2.19. The summed E-state index contributed by atoms with van der Waals surface area (Å²) in [7, 11) is 0. The monoisotopic (exact) mass is 273 g/mol. The topological polar surface area (TPSA) is 12.0 Å². The molecule has 0 amide bonds. The first-order chi connectivity index (χ1) is 9.67. The fraction of sp³-hybridized carbons (Fsp3) is 0.684. The lowest BCUT2D eigenvalue weighted by Crippen LogP contribution is -2.38. The van der Waals surface area contributed by atoms with E-state index < -0.39 is 0 Å². The van der Waals surface area contributed by atoms with E-state index in [-0.39, 0.29) is 0 Å². The third kappa shape index (κ3) is 4.94. The van der Waals surface area contributed by atoms with Crippen LogP contribution in [0.5, 0.6) is 0 Å². The van der Waals surface area contributed by atoms with Gasteiger partial charge in [0.15, 0.2) is 0 Å². The van der Waals surface area contributed by atoms with E-state index in [9.17, 15) is 0 Å². The van der Waals surface area contributed by atoms with E-state index in [0.29, 0.717) is 0 Å². The van der Waals surface area contributed by atoms with Crippen molar-refractivity contribution in [2.24, 2.45) is 11.8 Å². The molecule has 0 bridgehead atoms. The summed E-state index contributed by atoms with van der Waals surface area (Å²) in [5.41, 5.74) is 2.98. The molecule has 1 aliphatic heterocycles. The molecule has 1 nitrogen and oxygen atoms in total. The van der Waals surface area contributed by atoms with Gasteiger partial charge in [0.25, 0.3) is 0 Å². The second-order valence-electron chi connectivity index (χ2n) is 6.90. The van der Waals surface area contributed by atoms with Crippen molar-refractivity contribution >= 4 is 0 Å². The summed E-state index contributed by atoms with van der Waals surface area (Å²) in [4.78, 5) is 0. The number of nitrogens with one attached hydrogen (secondary N) is 1. The number of aryl methyl sites for hydroxylation is 1. The Kier molecular flexibility index (Phi) is 6.09. The predicted molar refractivity (Wildman–Crippen MR) is 88.1 cm³/mol. The number of hydrogen-bond acceptors (Lipinski definition) is 1. The zero-order valence-electron chi connectivity index (χ0n) is 13.5. The van der Waals surface area contributed by atoms with E-state index in [0.717, 1.165) is 17.9 Å². The van der Waals surface area contributed by atoms with Crippen molar-refractivity contribution in [2.45, 2.75) is 65.3 Å². The zero-order chi connectivity index (χ0) is 14.4. The Morgan fingerprint density at radius 3 is 2.50 bits per heavy atom. The van der Waals surface area contributed by atoms with Crippen LogP contribution in [0.25, 0.3) is 0 Å². The summed E-state index contributed by atoms with van der Waals surface area (Å²) in [6.07, 6.45) is 7.81. The first-order valence-corrected chi connectivity index (χ1v) is 8.48. The lowest BCUT2D eigenvalue weighted by Gasteiger charge is -2.29. The van der Waals surface area contributed by atoms with Crippen LogP contribution in [-0.2, 0) is 12.8 Å². The molecule has 0 radical (unpaired) electrons. The highest BCUT2D eigenvalue weighted by molar-refractivity contribution is 5.23. The highest BCUT2D eigenvalue weighted by Crippen LogP contribution is 2.22. The summed E-state index contributed by atoms with van der Waals surface area (Å²) in [6, 6.07) is 10.0. The quantitative estimate of drug-likeness (QED) is 0.799. The number of rotatable bonds is 6. The lowest BCUT2D eigenvalue weighted by molar-refractivity contribution is 0.285. The zero-order valence-corrected chi connectivity index (χ0v) is 13.5. The van der Waals surface area contributed by atoms with E-state index in [1.165, 1.54) is 56.2 Å². The van der Waals surface area contributed by atoms with Gasteiger partial charge in [-0.1, -0.05) is 51.5 Å². The maximum atomic E-state index is 3.69. The smallest absolute Gasteiger partial charge is 0.00728 e. The Bertz CT molecular complexity index is 379. The molecule has 0 aromatic heterocycles. The number of benzene rings is 1. The molecule has 0 saturated carbocycles. The van der Waals surface area contributed by atoms with E-state index in [1.54, 1.807) is 0 Å². The molecule has 1 fully saturated rings. The van der Waals surface area contributed by atoms with Gasteiger partial charge in [-0.05, 0) is 61.6 Å². The van der Waals surface area contributed by atoms with Crippen molar-refractivity contribution in [3.63, 3.8) is 0 Å². The van der Waals surface area contributed by atoms with Crippen LogP contribution in [0.1, 0.15) is 57.6 Å². The van der Waals surface area contributed by atoms with E-state index in [4.69, 9.17) is 0 Å². The van der Waals surface area contributed by atoms with Gasteiger partial charge < -0.3 is 5.32 Å². The van der Waals surface area contributed by atoms with Crippen LogP contribution >= 0.6 is 0 Å². The molecular formula is C19H31N. The van der Waals surface area contributed by atoms with Crippen molar-refractivity contribution in [1.29, 1.82) is 0 Å². The molecule has 1 heteroatoms. The Morgan fingerprint density at radius 1 is 1.15 bits per heavy atom. The molecule has 1 N–H and O–H groups in total. The molecule has 112 valence electrons. The minimum atomic E-state index is 0.740. The van der Waals surface area contributed by atoms with Gasteiger partial charge in [-0.25, -0.2) is 0 Å². The Labute approximate surface area is 125 Å². The van der Waals surface area contributed by atoms with Gasteiger partial charge in [-0.15, -0.1) is 0 Å². The Hall–Kier alpha value is -0.820. The van der Waals surface area contributed by atoms with Crippen molar-refractivity contribution < 1.29 is 0 Å². The van der Waals surface area contributed by atoms with Gasteiger partial charge in [-0.3, -0.25) is 0 Å². The standard InChI is InChI=1S/C19H31N/c1-4-16-11-12-20-19(14-16)10-9-17-5-7-18(8-6-17)13-15(2)3/h5-8,15-16,19-20H,4,9-14H2,1-3H3. The third-order valence-electron chi connectivity index (χ3n) is 4.63. The molecule has 2 unspecified atom stereocenters. The van der Waals surface area contributed by atoms with Crippen molar-refractivity contribution in [3.8, 4) is 0 Å². The molecule has 1 saturated heterocycles. The van der Waals surface area contributed by atoms with Crippen LogP contribution in [0.15, 0.2) is 24.3 Å². The highest BCUT2D eigenvalue weighted by atomic mass is 14.9. The second-order valence-corrected chi connectivity index (χ2v) is 6.90. The minimum absolute atomic E-state index is 0.740. The maximum absolute atomic E-state index is 3.69. The van der Waals surface area contributed by atoms with Gasteiger partial charge in [0.2, 0.25) is 0 Å². The fourth-order valence-corrected chi connectivity index (χ4v) is 3.34. The summed E-state index contributed by atoms with van der Waals surface area (Å²) in [5.74, 6) is 1.70. The predicted octanol–water partition coefficient (Wildman–Crippen LogP) is 4.60. The minimum Gasteiger partial charge on any atom is -0.314 e. The van der Waals surface area contributed by atoms with Crippen LogP contribution in [0, 0.1) is 11.8 Å². The van der Waals surface area contributed by atoms with Gasteiger partial charge in [0.1, 0.15) is 0 Å². The van der Waals surface area contributed by atoms with Gasteiger partial charge in [0, 0.05) is 6.04 Å². The molecule has 0 aliphatic carbocycles. The Balaban J connectivity index is 1.78. The van der Waals surface area contributed by atoms with Gasteiger partial charge in [0.05, 0.1) is 0 Å². The van der Waals surface area contributed by atoms with Crippen LogP contribution in [-0.4, -0.2) is 12.6 Å². The third-order valence-corrected chi connectivity index (χ3v) is 4.63. The SMILES string of the molecule is CCC1CCNC(CCc2ccc(CC(C)C)cc2)C1. The largest absolute Gasteiger partial charge is 0.314 e. The van der Waals surface area contributed by atoms with Crippen LogP contribution in [0.3, 0.4) is 0 Å². The van der Waals surface area contributed by atoms with E-state index >= 15 is 0 Å². The average Bonchev–Trinajstić information content (AvgIpc) is 2.46. The second kappa shape index (κ2) is 7.83. The van der Waals surface area contributed by atoms with Crippen molar-refractivity contribution in [3.05, 3.63) is 35.4 Å². The molecule has 1 aromatic carbocycles. The van der Waals surface area contributed by atoms with Gasteiger partial charge >= 0.3 is 0 Å². The first kappa shape index (κ1) is 15.6. The van der Waals surface area contributed by atoms with Gasteiger partial charge in [-0.2, -0.15) is 0 Å². The summed E-state index contributed by atoms with van der Waals surface area (Å²) in [5, 5.41) is 3.69. The molecular weight excluding hydrogens is 242 g/mol. The maximum Gasteiger partial charge on any atom is 0.00728 e. The van der Waals surface area contributed by atoms with Crippen molar-refractivity contribution in [2.75, 3.05) is 6.54 Å². The summed E-state index contributed by atoms with van der Waals surface area (Å²) in [6.45, 7) is 8.12. The summed E-state index contributed by atoms with van der Waals surface area (Å²) < 4.78 is 0. The fourth-order valence-electron chi connectivity index (χ4n) is 3.34. The van der Waals surface area contributed by atoms with Crippen LogP contribution in [0.4, 0.5) is 0 Å². The Morgan fingerprint density at radius 2 is 1.85 bits per heavy atom. The van der Waals surface area contributed by atoms with Crippen LogP contribution < -0.4 is 5.32 Å². The normalized spacial score (nSPS) is 23.2. The molecule has 1 heterocycles. The molecule has 2 rings (SSSR count). The van der Waals surface area contributed by atoms with Crippen LogP contribution in [0.2, 0.25) is 0 Å². The first-order valence-electron chi connectivity index (χ1n) is 8.48. The van der Waals surface area contributed by atoms with E-state index in [1.807, 2.05) is 0 Å². The molecule has 20 heavy (non-hydrogen) atoms. The van der Waals surface area contributed by atoms with Crippen molar-refractivity contribution in [1.82, 2.24) is 5.32 Å². The number of piperidine rings is 1. The molecule has 0 spiro atoms. The number of hydrogen-bond donors (Lipinski definition) is 1.